The number of ketones is 1. The minimum absolute atomic E-state index is 0.106. The molecular formula is C28H23ClN2O4S. The summed E-state index contributed by atoms with van der Waals surface area (Å²) in [6, 6.07) is 23.1. The van der Waals surface area contributed by atoms with Crippen LogP contribution < -0.4 is 5.32 Å². The first-order valence-corrected chi connectivity index (χ1v) is 12.5. The zero-order valence-corrected chi connectivity index (χ0v) is 21.0. The monoisotopic (exact) mass is 518 g/mol. The summed E-state index contributed by atoms with van der Waals surface area (Å²) in [5.74, 6) is -1.38. The molecule has 0 aliphatic rings. The van der Waals surface area contributed by atoms with E-state index in [0.717, 1.165) is 16.8 Å². The Kier molecular flexibility index (Phi) is 8.25. The lowest BCUT2D eigenvalue weighted by Gasteiger charge is -2.17. The molecule has 1 heterocycles. The van der Waals surface area contributed by atoms with Crippen molar-refractivity contribution in [2.24, 2.45) is 0 Å². The van der Waals surface area contributed by atoms with E-state index in [-0.39, 0.29) is 24.5 Å². The molecule has 3 aromatic carbocycles. The standard InChI is InChI=1S/C28H23ClN2O4S/c1-18-7-9-19(10-8-18)23-17-36-28(30-23)31-24(32)15-16-25(33)35-27(21-11-13-22(29)14-12-21)26(34)20-5-3-2-4-6-20/h2-14,17,27H,15-16H2,1H3,(H,30,31,32)/t27-/m0/s1. The number of ether oxygens (including phenoxy) is 1. The fourth-order valence-electron chi connectivity index (χ4n) is 3.44. The molecule has 8 heteroatoms. The van der Waals surface area contributed by atoms with Gasteiger partial charge in [0.15, 0.2) is 11.2 Å². The van der Waals surface area contributed by atoms with Crippen LogP contribution in [0.1, 0.15) is 40.4 Å². The summed E-state index contributed by atoms with van der Waals surface area (Å²) in [4.78, 5) is 42.6. The number of esters is 1. The molecule has 0 aliphatic carbocycles. The number of nitrogens with zero attached hydrogens (tertiary/aromatic N) is 1. The largest absolute Gasteiger partial charge is 0.449 e. The van der Waals surface area contributed by atoms with E-state index in [4.69, 9.17) is 16.3 Å². The van der Waals surface area contributed by atoms with Crippen LogP contribution in [0.4, 0.5) is 5.13 Å². The number of anilines is 1. The average molecular weight is 519 g/mol. The van der Waals surface area contributed by atoms with Crippen LogP contribution in [0.3, 0.4) is 0 Å². The van der Waals surface area contributed by atoms with Crippen LogP contribution in [-0.2, 0) is 14.3 Å². The van der Waals surface area contributed by atoms with Gasteiger partial charge in [-0.3, -0.25) is 14.4 Å². The van der Waals surface area contributed by atoms with Crippen molar-refractivity contribution < 1.29 is 19.1 Å². The van der Waals surface area contributed by atoms with E-state index in [1.165, 1.54) is 11.3 Å². The Labute approximate surface area is 217 Å². The normalized spacial score (nSPS) is 11.5. The molecule has 0 saturated carbocycles. The molecule has 1 atom stereocenters. The number of hydrogen-bond donors (Lipinski definition) is 1. The highest BCUT2D eigenvalue weighted by molar-refractivity contribution is 7.14. The van der Waals surface area contributed by atoms with Crippen molar-refractivity contribution in [3.05, 3.63) is 106 Å². The number of carbonyl (C=O) groups excluding carboxylic acids is 3. The molecule has 4 rings (SSSR count). The van der Waals surface area contributed by atoms with Crippen LogP contribution in [0.5, 0.6) is 0 Å². The summed E-state index contributed by atoms with van der Waals surface area (Å²) >= 11 is 7.28. The Balaban J connectivity index is 1.36. The number of amides is 1. The topological polar surface area (TPSA) is 85.4 Å². The van der Waals surface area contributed by atoms with Gasteiger partial charge in [-0.1, -0.05) is 83.9 Å². The van der Waals surface area contributed by atoms with Crippen LogP contribution >= 0.6 is 22.9 Å². The summed E-state index contributed by atoms with van der Waals surface area (Å²) in [5.41, 5.74) is 3.78. The first kappa shape index (κ1) is 25.3. The van der Waals surface area contributed by atoms with E-state index < -0.39 is 12.1 Å². The van der Waals surface area contributed by atoms with Gasteiger partial charge >= 0.3 is 5.97 Å². The molecule has 1 amide bonds. The van der Waals surface area contributed by atoms with E-state index in [9.17, 15) is 14.4 Å². The summed E-state index contributed by atoms with van der Waals surface area (Å²) in [6.45, 7) is 2.01. The third kappa shape index (κ3) is 6.65. The fraction of sp³-hybridized carbons (Fsp3) is 0.143. The van der Waals surface area contributed by atoms with Gasteiger partial charge in [-0.15, -0.1) is 11.3 Å². The molecular weight excluding hydrogens is 496 g/mol. The van der Waals surface area contributed by atoms with Gasteiger partial charge in [-0.25, -0.2) is 4.98 Å². The van der Waals surface area contributed by atoms with Crippen LogP contribution in [-0.4, -0.2) is 22.6 Å². The third-order valence-corrected chi connectivity index (χ3v) is 6.38. The molecule has 0 fully saturated rings. The molecule has 0 unspecified atom stereocenters. The van der Waals surface area contributed by atoms with Gasteiger partial charge in [0, 0.05) is 33.5 Å². The molecule has 6 nitrogen and oxygen atoms in total. The van der Waals surface area contributed by atoms with Gasteiger partial charge < -0.3 is 10.1 Å². The van der Waals surface area contributed by atoms with Gasteiger partial charge in [0.25, 0.3) is 0 Å². The van der Waals surface area contributed by atoms with Crippen molar-refractivity contribution in [1.29, 1.82) is 0 Å². The highest BCUT2D eigenvalue weighted by Crippen LogP contribution is 2.27. The fourth-order valence-corrected chi connectivity index (χ4v) is 4.30. The predicted molar refractivity (Wildman–Crippen MR) is 141 cm³/mol. The smallest absolute Gasteiger partial charge is 0.307 e. The predicted octanol–water partition coefficient (Wildman–Crippen LogP) is 6.66. The van der Waals surface area contributed by atoms with Gasteiger partial charge in [-0.2, -0.15) is 0 Å². The Hall–Kier alpha value is -3.81. The number of carbonyl (C=O) groups is 3. The number of benzene rings is 3. The van der Waals surface area contributed by atoms with Gasteiger partial charge in [-0.05, 0) is 19.1 Å². The van der Waals surface area contributed by atoms with E-state index in [0.29, 0.717) is 21.3 Å². The summed E-state index contributed by atoms with van der Waals surface area (Å²) in [6.07, 6.45) is -1.43. The second-order valence-corrected chi connectivity index (χ2v) is 9.40. The summed E-state index contributed by atoms with van der Waals surface area (Å²) < 4.78 is 5.54. The molecule has 4 aromatic rings. The van der Waals surface area contributed by atoms with E-state index >= 15 is 0 Å². The molecule has 182 valence electrons. The van der Waals surface area contributed by atoms with Crippen molar-refractivity contribution in [3.63, 3.8) is 0 Å². The second-order valence-electron chi connectivity index (χ2n) is 8.10. The molecule has 0 bridgehead atoms. The first-order valence-electron chi connectivity index (χ1n) is 11.3. The van der Waals surface area contributed by atoms with Gasteiger partial charge in [0.05, 0.1) is 12.1 Å². The molecule has 36 heavy (non-hydrogen) atoms. The zero-order chi connectivity index (χ0) is 25.5. The van der Waals surface area contributed by atoms with Crippen LogP contribution in [0.25, 0.3) is 11.3 Å². The van der Waals surface area contributed by atoms with Crippen molar-refractivity contribution in [2.45, 2.75) is 25.9 Å². The average Bonchev–Trinajstić information content (AvgIpc) is 3.35. The SMILES string of the molecule is Cc1ccc(-c2csc(NC(=O)CCC(=O)O[C@H](C(=O)c3ccccc3)c3ccc(Cl)cc3)n2)cc1. The van der Waals surface area contributed by atoms with Crippen molar-refractivity contribution in [1.82, 2.24) is 4.98 Å². The number of Topliss-reactive ketones (excluding diaryl/α,β-unsaturated/α-hetero) is 1. The zero-order valence-electron chi connectivity index (χ0n) is 19.4. The highest BCUT2D eigenvalue weighted by atomic mass is 35.5. The highest BCUT2D eigenvalue weighted by Gasteiger charge is 2.26. The lowest BCUT2D eigenvalue weighted by atomic mass is 10.00. The van der Waals surface area contributed by atoms with E-state index in [1.54, 1.807) is 54.6 Å². The Bertz CT molecular complexity index is 1350. The first-order chi connectivity index (χ1) is 17.4. The molecule has 0 spiro atoms. The number of thiazole rings is 1. The van der Waals surface area contributed by atoms with Crippen molar-refractivity contribution in [3.8, 4) is 11.3 Å². The van der Waals surface area contributed by atoms with Crippen LogP contribution in [0.15, 0.2) is 84.2 Å². The Morgan fingerprint density at radius 3 is 2.33 bits per heavy atom. The molecule has 1 aromatic heterocycles. The Morgan fingerprint density at radius 1 is 0.944 bits per heavy atom. The second kappa shape index (κ2) is 11.7. The third-order valence-electron chi connectivity index (χ3n) is 5.37. The van der Waals surface area contributed by atoms with Crippen LogP contribution in [0.2, 0.25) is 5.02 Å². The quantitative estimate of drug-likeness (QED) is 0.198. The van der Waals surface area contributed by atoms with Gasteiger partial charge in [0.1, 0.15) is 0 Å². The molecule has 1 N–H and O–H groups in total. The number of halogens is 1. The minimum Gasteiger partial charge on any atom is -0.449 e. The lowest BCUT2D eigenvalue weighted by Crippen LogP contribution is -2.21. The Morgan fingerprint density at radius 2 is 1.64 bits per heavy atom. The lowest BCUT2D eigenvalue weighted by molar-refractivity contribution is -0.148. The molecule has 0 saturated heterocycles. The summed E-state index contributed by atoms with van der Waals surface area (Å²) in [5, 5.41) is 5.53. The maximum atomic E-state index is 13.1. The number of hydrogen-bond acceptors (Lipinski definition) is 6. The molecule has 0 aliphatic heterocycles. The number of aromatic nitrogens is 1. The van der Waals surface area contributed by atoms with Crippen LogP contribution in [0, 0.1) is 6.92 Å². The maximum Gasteiger partial charge on any atom is 0.307 e. The minimum atomic E-state index is -1.14. The summed E-state index contributed by atoms with van der Waals surface area (Å²) in [7, 11) is 0. The number of nitrogens with one attached hydrogen (secondary N) is 1. The van der Waals surface area contributed by atoms with Crippen molar-refractivity contribution >= 4 is 45.7 Å². The van der Waals surface area contributed by atoms with Crippen molar-refractivity contribution in [2.75, 3.05) is 5.32 Å². The van der Waals surface area contributed by atoms with E-state index in [2.05, 4.69) is 10.3 Å². The number of aryl methyl sites for hydroxylation is 1. The number of rotatable bonds is 9. The maximum absolute atomic E-state index is 13.1. The van der Waals surface area contributed by atoms with E-state index in [1.807, 2.05) is 36.6 Å². The van der Waals surface area contributed by atoms with Gasteiger partial charge in [0.2, 0.25) is 11.7 Å². The molecule has 0 radical (unpaired) electrons.